The molecule has 0 spiro atoms. The molecule has 0 atom stereocenters. The first kappa shape index (κ1) is 9.08. The zero-order valence-corrected chi connectivity index (χ0v) is 7.30. The number of rotatable bonds is 5. The van der Waals surface area contributed by atoms with Gasteiger partial charge in [0.2, 0.25) is 5.91 Å². The fourth-order valence-electron chi connectivity index (χ4n) is 0.689. The zero-order chi connectivity index (χ0) is 8.81. The Labute approximate surface area is 74.1 Å². The first-order valence-electron chi connectivity index (χ1n) is 3.54. The van der Waals surface area contributed by atoms with Crippen molar-refractivity contribution in [1.82, 2.24) is 14.9 Å². The van der Waals surface area contributed by atoms with Crippen LogP contribution in [0.1, 0.15) is 12.1 Å². The van der Waals surface area contributed by atoms with Gasteiger partial charge in [0.05, 0.1) is 5.69 Å². The summed E-state index contributed by atoms with van der Waals surface area (Å²) in [6, 6.07) is 0. The fraction of sp³-hybridized carbons (Fsp3) is 0.500. The van der Waals surface area contributed by atoms with Crippen LogP contribution >= 0.6 is 11.5 Å². The topological polar surface area (TPSA) is 80.9 Å². The molecular formula is C6H10N4OS. The molecule has 1 rings (SSSR count). The van der Waals surface area contributed by atoms with E-state index in [1.165, 1.54) is 11.5 Å². The predicted molar refractivity (Wildman–Crippen MR) is 45.4 cm³/mol. The quantitative estimate of drug-likeness (QED) is 0.608. The zero-order valence-electron chi connectivity index (χ0n) is 6.49. The van der Waals surface area contributed by atoms with Crippen molar-refractivity contribution in [3.8, 4) is 0 Å². The summed E-state index contributed by atoms with van der Waals surface area (Å²) < 4.78 is 3.70. The fourth-order valence-corrected chi connectivity index (χ4v) is 1.14. The molecule has 0 aliphatic carbocycles. The van der Waals surface area contributed by atoms with Crippen molar-refractivity contribution >= 4 is 17.4 Å². The number of primary amides is 1. The van der Waals surface area contributed by atoms with E-state index in [0.717, 1.165) is 5.69 Å². The van der Waals surface area contributed by atoms with Gasteiger partial charge in [0.25, 0.3) is 0 Å². The molecule has 1 amide bonds. The second-order valence-electron chi connectivity index (χ2n) is 2.29. The van der Waals surface area contributed by atoms with Crippen LogP contribution in [-0.2, 0) is 11.3 Å². The Kier molecular flexibility index (Phi) is 3.62. The van der Waals surface area contributed by atoms with Crippen LogP contribution in [0, 0.1) is 0 Å². The van der Waals surface area contributed by atoms with Crippen LogP contribution in [0.15, 0.2) is 5.38 Å². The molecule has 3 N–H and O–H groups in total. The van der Waals surface area contributed by atoms with Crippen molar-refractivity contribution in [3.05, 3.63) is 11.1 Å². The molecule has 0 radical (unpaired) electrons. The van der Waals surface area contributed by atoms with E-state index in [2.05, 4.69) is 14.9 Å². The monoisotopic (exact) mass is 186 g/mol. The van der Waals surface area contributed by atoms with E-state index in [4.69, 9.17) is 5.73 Å². The Morgan fingerprint density at radius 3 is 3.17 bits per heavy atom. The third-order valence-corrected chi connectivity index (χ3v) is 1.81. The van der Waals surface area contributed by atoms with E-state index < -0.39 is 0 Å². The number of hydrogen-bond acceptors (Lipinski definition) is 5. The second-order valence-corrected chi connectivity index (χ2v) is 2.90. The molecule has 0 aromatic carbocycles. The summed E-state index contributed by atoms with van der Waals surface area (Å²) in [5, 5.41) is 8.70. The van der Waals surface area contributed by atoms with Crippen LogP contribution < -0.4 is 11.1 Å². The van der Waals surface area contributed by atoms with Gasteiger partial charge in [-0.05, 0) is 11.5 Å². The maximum Gasteiger partial charge on any atom is 0.218 e. The molecule has 1 aromatic rings. The lowest BCUT2D eigenvalue weighted by atomic mass is 10.4. The van der Waals surface area contributed by atoms with Crippen LogP contribution in [-0.4, -0.2) is 22.0 Å². The van der Waals surface area contributed by atoms with E-state index in [1.54, 1.807) is 0 Å². The number of carbonyl (C=O) groups is 1. The van der Waals surface area contributed by atoms with Gasteiger partial charge >= 0.3 is 0 Å². The second kappa shape index (κ2) is 4.78. The number of amides is 1. The highest BCUT2D eigenvalue weighted by atomic mass is 32.1. The van der Waals surface area contributed by atoms with Gasteiger partial charge < -0.3 is 11.1 Å². The molecule has 0 unspecified atom stereocenters. The van der Waals surface area contributed by atoms with Crippen LogP contribution in [0.2, 0.25) is 0 Å². The predicted octanol–water partition coefficient (Wildman–Crippen LogP) is -0.497. The smallest absolute Gasteiger partial charge is 0.218 e. The molecule has 0 saturated carbocycles. The van der Waals surface area contributed by atoms with Gasteiger partial charge in [-0.1, -0.05) is 4.49 Å². The first-order chi connectivity index (χ1) is 5.79. The highest BCUT2D eigenvalue weighted by molar-refractivity contribution is 7.03. The molecule has 66 valence electrons. The van der Waals surface area contributed by atoms with Crippen molar-refractivity contribution in [2.45, 2.75) is 13.0 Å². The van der Waals surface area contributed by atoms with Gasteiger partial charge in [0.1, 0.15) is 0 Å². The largest absolute Gasteiger partial charge is 0.370 e. The van der Waals surface area contributed by atoms with Crippen molar-refractivity contribution in [1.29, 1.82) is 0 Å². The highest BCUT2D eigenvalue weighted by Gasteiger charge is 1.96. The summed E-state index contributed by atoms with van der Waals surface area (Å²) >= 11 is 1.31. The summed E-state index contributed by atoms with van der Waals surface area (Å²) in [6.07, 6.45) is 0.359. The molecule has 0 fully saturated rings. The Bertz CT molecular complexity index is 236. The van der Waals surface area contributed by atoms with Crippen LogP contribution in [0.4, 0.5) is 0 Å². The lowest BCUT2D eigenvalue weighted by Gasteiger charge is -1.98. The van der Waals surface area contributed by atoms with Gasteiger partial charge in [-0.15, -0.1) is 5.10 Å². The molecule has 0 aliphatic rings. The van der Waals surface area contributed by atoms with Gasteiger partial charge in [0, 0.05) is 24.9 Å². The molecule has 0 saturated heterocycles. The SMILES string of the molecule is NC(=O)CCNCc1csnn1. The van der Waals surface area contributed by atoms with E-state index >= 15 is 0 Å². The summed E-state index contributed by atoms with van der Waals surface area (Å²) in [6.45, 7) is 1.23. The summed E-state index contributed by atoms with van der Waals surface area (Å²) in [7, 11) is 0. The normalized spacial score (nSPS) is 10.0. The Morgan fingerprint density at radius 1 is 1.75 bits per heavy atom. The molecule has 12 heavy (non-hydrogen) atoms. The molecule has 0 bridgehead atoms. The van der Waals surface area contributed by atoms with Crippen LogP contribution in [0.3, 0.4) is 0 Å². The third kappa shape index (κ3) is 3.40. The van der Waals surface area contributed by atoms with Gasteiger partial charge in [-0.3, -0.25) is 4.79 Å². The number of aromatic nitrogens is 2. The lowest BCUT2D eigenvalue weighted by Crippen LogP contribution is -2.21. The van der Waals surface area contributed by atoms with E-state index in [1.807, 2.05) is 5.38 Å². The molecular weight excluding hydrogens is 176 g/mol. The minimum atomic E-state index is -0.293. The van der Waals surface area contributed by atoms with E-state index in [9.17, 15) is 4.79 Å². The van der Waals surface area contributed by atoms with E-state index in [-0.39, 0.29) is 5.91 Å². The Hall–Kier alpha value is -1.01. The lowest BCUT2D eigenvalue weighted by molar-refractivity contribution is -0.117. The maximum atomic E-state index is 10.3. The Balaban J connectivity index is 2.07. The third-order valence-electron chi connectivity index (χ3n) is 1.26. The summed E-state index contributed by atoms with van der Waals surface area (Å²) in [4.78, 5) is 10.3. The molecule has 5 nitrogen and oxygen atoms in total. The maximum absolute atomic E-state index is 10.3. The Morgan fingerprint density at radius 2 is 2.58 bits per heavy atom. The summed E-state index contributed by atoms with van der Waals surface area (Å²) in [5.41, 5.74) is 5.84. The number of hydrogen-bond donors (Lipinski definition) is 2. The molecule has 0 aliphatic heterocycles. The van der Waals surface area contributed by atoms with Crippen LogP contribution in [0.5, 0.6) is 0 Å². The molecule has 1 aromatic heterocycles. The average Bonchev–Trinajstić information content (AvgIpc) is 2.49. The van der Waals surface area contributed by atoms with Crippen molar-refractivity contribution in [3.63, 3.8) is 0 Å². The number of nitrogens with two attached hydrogens (primary N) is 1. The van der Waals surface area contributed by atoms with Crippen molar-refractivity contribution in [2.75, 3.05) is 6.54 Å². The highest BCUT2D eigenvalue weighted by Crippen LogP contribution is 1.95. The minimum Gasteiger partial charge on any atom is -0.370 e. The van der Waals surface area contributed by atoms with Gasteiger partial charge in [0.15, 0.2) is 0 Å². The summed E-state index contributed by atoms with van der Waals surface area (Å²) in [5.74, 6) is -0.293. The van der Waals surface area contributed by atoms with Crippen LogP contribution in [0.25, 0.3) is 0 Å². The first-order valence-corrected chi connectivity index (χ1v) is 4.37. The number of nitrogens with one attached hydrogen (secondary N) is 1. The van der Waals surface area contributed by atoms with Gasteiger partial charge in [-0.25, -0.2) is 0 Å². The van der Waals surface area contributed by atoms with Gasteiger partial charge in [-0.2, -0.15) is 0 Å². The standard InChI is InChI=1S/C6H10N4OS/c7-6(11)1-2-8-3-5-4-12-10-9-5/h4,8H,1-3H2,(H2,7,11). The minimum absolute atomic E-state index is 0.293. The average molecular weight is 186 g/mol. The van der Waals surface area contributed by atoms with Crippen molar-refractivity contribution < 1.29 is 4.79 Å². The molecule has 6 heteroatoms. The molecule has 1 heterocycles. The van der Waals surface area contributed by atoms with Crippen molar-refractivity contribution in [2.24, 2.45) is 5.73 Å². The number of nitrogens with zero attached hydrogens (tertiary/aromatic N) is 2. The van der Waals surface area contributed by atoms with E-state index in [0.29, 0.717) is 19.5 Å². The number of carbonyl (C=O) groups excluding carboxylic acids is 1.